The standard InChI is InChI=1S/C22H22N4O3/c1-2-3-12-22(16-9-5-4-6-10-16)20(28)26(21(29)24-22)15-17-14-19(27)25-13-8-7-11-18(25)23-17/h4-11,13-14H,2-3,12,15H2,1H3,(H,24,29). The zero-order valence-corrected chi connectivity index (χ0v) is 16.2. The molecule has 0 spiro atoms. The SMILES string of the molecule is CCCCC1(c2ccccc2)NC(=O)N(Cc2cc(=O)n3ccccc3n2)C1=O. The van der Waals surface area contributed by atoms with Gasteiger partial charge in [0, 0.05) is 12.3 Å². The van der Waals surface area contributed by atoms with Crippen molar-refractivity contribution in [3.05, 3.63) is 82.4 Å². The third kappa shape index (κ3) is 3.29. The van der Waals surface area contributed by atoms with Crippen molar-refractivity contribution >= 4 is 17.6 Å². The van der Waals surface area contributed by atoms with Crippen LogP contribution in [-0.2, 0) is 16.9 Å². The van der Waals surface area contributed by atoms with Crippen LogP contribution in [0.15, 0.2) is 65.6 Å². The zero-order chi connectivity index (χ0) is 20.4. The molecular formula is C22H22N4O3. The number of pyridine rings is 1. The van der Waals surface area contributed by atoms with E-state index in [1.54, 1.807) is 24.4 Å². The number of imide groups is 1. The van der Waals surface area contributed by atoms with Crippen LogP contribution in [-0.4, -0.2) is 26.2 Å². The van der Waals surface area contributed by atoms with E-state index in [0.717, 1.165) is 23.3 Å². The lowest BCUT2D eigenvalue weighted by atomic mass is 9.85. The minimum atomic E-state index is -1.08. The quantitative estimate of drug-likeness (QED) is 0.656. The van der Waals surface area contributed by atoms with E-state index in [1.165, 1.54) is 10.5 Å². The molecule has 0 radical (unpaired) electrons. The van der Waals surface area contributed by atoms with Gasteiger partial charge < -0.3 is 5.32 Å². The van der Waals surface area contributed by atoms with Crippen molar-refractivity contribution in [1.82, 2.24) is 19.6 Å². The van der Waals surface area contributed by atoms with E-state index in [1.807, 2.05) is 37.3 Å². The molecular weight excluding hydrogens is 368 g/mol. The van der Waals surface area contributed by atoms with Crippen molar-refractivity contribution in [2.24, 2.45) is 0 Å². The lowest BCUT2D eigenvalue weighted by Gasteiger charge is -2.27. The van der Waals surface area contributed by atoms with E-state index >= 15 is 0 Å². The summed E-state index contributed by atoms with van der Waals surface area (Å²) >= 11 is 0. The Hall–Kier alpha value is -3.48. The number of benzene rings is 1. The van der Waals surface area contributed by atoms with Crippen LogP contribution in [0.5, 0.6) is 0 Å². The van der Waals surface area contributed by atoms with Crippen molar-refractivity contribution in [3.63, 3.8) is 0 Å². The molecule has 1 unspecified atom stereocenters. The minimum Gasteiger partial charge on any atom is -0.319 e. The van der Waals surface area contributed by atoms with Gasteiger partial charge in [-0.1, -0.05) is 56.2 Å². The van der Waals surface area contributed by atoms with Crippen LogP contribution in [0.1, 0.15) is 37.4 Å². The summed E-state index contributed by atoms with van der Waals surface area (Å²) in [6.07, 6.45) is 3.85. The summed E-state index contributed by atoms with van der Waals surface area (Å²) in [5.74, 6) is -0.308. The van der Waals surface area contributed by atoms with Crippen molar-refractivity contribution in [1.29, 1.82) is 0 Å². The number of aromatic nitrogens is 2. The van der Waals surface area contributed by atoms with E-state index in [2.05, 4.69) is 10.3 Å². The molecule has 1 aliphatic rings. The largest absolute Gasteiger partial charge is 0.325 e. The fourth-order valence-electron chi connectivity index (χ4n) is 3.79. The summed E-state index contributed by atoms with van der Waals surface area (Å²) < 4.78 is 1.42. The first-order chi connectivity index (χ1) is 14.0. The lowest BCUT2D eigenvalue weighted by Crippen LogP contribution is -2.44. The second-order valence-corrected chi connectivity index (χ2v) is 7.21. The summed E-state index contributed by atoms with van der Waals surface area (Å²) in [4.78, 5) is 44.1. The van der Waals surface area contributed by atoms with Crippen LogP contribution in [0.2, 0.25) is 0 Å². The monoisotopic (exact) mass is 390 g/mol. The molecule has 1 atom stereocenters. The van der Waals surface area contributed by atoms with Gasteiger partial charge >= 0.3 is 6.03 Å². The number of unbranched alkanes of at least 4 members (excludes halogenated alkanes) is 1. The van der Waals surface area contributed by atoms with Crippen molar-refractivity contribution in [2.45, 2.75) is 38.3 Å². The molecule has 29 heavy (non-hydrogen) atoms. The average molecular weight is 390 g/mol. The van der Waals surface area contributed by atoms with Crippen LogP contribution < -0.4 is 10.9 Å². The highest BCUT2D eigenvalue weighted by Crippen LogP contribution is 2.34. The lowest BCUT2D eigenvalue weighted by molar-refractivity contribution is -0.132. The maximum absolute atomic E-state index is 13.4. The number of hydrogen-bond donors (Lipinski definition) is 1. The van der Waals surface area contributed by atoms with E-state index in [4.69, 9.17) is 0 Å². The van der Waals surface area contributed by atoms with Gasteiger partial charge in [-0.2, -0.15) is 0 Å². The maximum atomic E-state index is 13.4. The Morgan fingerprint density at radius 1 is 1.03 bits per heavy atom. The van der Waals surface area contributed by atoms with E-state index in [0.29, 0.717) is 17.8 Å². The highest BCUT2D eigenvalue weighted by atomic mass is 16.2. The van der Waals surface area contributed by atoms with Crippen LogP contribution in [0, 0.1) is 0 Å². The number of nitrogens with one attached hydrogen (secondary N) is 1. The number of nitrogens with zero attached hydrogens (tertiary/aromatic N) is 3. The van der Waals surface area contributed by atoms with E-state index in [-0.39, 0.29) is 18.0 Å². The minimum absolute atomic E-state index is 0.0496. The molecule has 3 amide bonds. The normalized spacial score (nSPS) is 19.0. The van der Waals surface area contributed by atoms with Gasteiger partial charge in [-0.15, -0.1) is 0 Å². The van der Waals surface area contributed by atoms with Gasteiger partial charge in [-0.25, -0.2) is 9.78 Å². The van der Waals surface area contributed by atoms with Crippen molar-refractivity contribution < 1.29 is 9.59 Å². The molecule has 1 aromatic carbocycles. The van der Waals surface area contributed by atoms with Crippen LogP contribution in [0.4, 0.5) is 4.79 Å². The van der Waals surface area contributed by atoms with Gasteiger partial charge in [0.1, 0.15) is 11.2 Å². The topological polar surface area (TPSA) is 83.8 Å². The highest BCUT2D eigenvalue weighted by molar-refractivity contribution is 6.07. The Morgan fingerprint density at radius 3 is 2.55 bits per heavy atom. The Morgan fingerprint density at radius 2 is 1.79 bits per heavy atom. The molecule has 148 valence electrons. The maximum Gasteiger partial charge on any atom is 0.325 e. The highest BCUT2D eigenvalue weighted by Gasteiger charge is 2.51. The third-order valence-corrected chi connectivity index (χ3v) is 5.29. The molecule has 3 heterocycles. The summed E-state index contributed by atoms with van der Waals surface area (Å²) in [7, 11) is 0. The fraction of sp³-hybridized carbons (Fsp3) is 0.273. The summed E-state index contributed by atoms with van der Waals surface area (Å²) in [6.45, 7) is 2.00. The molecule has 2 aromatic heterocycles. The average Bonchev–Trinajstić information content (AvgIpc) is 2.98. The molecule has 1 aliphatic heterocycles. The third-order valence-electron chi connectivity index (χ3n) is 5.29. The van der Waals surface area contributed by atoms with E-state index < -0.39 is 11.6 Å². The predicted octanol–water partition coefficient (Wildman–Crippen LogP) is 2.83. The first-order valence-corrected chi connectivity index (χ1v) is 9.72. The van der Waals surface area contributed by atoms with Crippen molar-refractivity contribution in [3.8, 4) is 0 Å². The first kappa shape index (κ1) is 18.9. The predicted molar refractivity (Wildman–Crippen MR) is 108 cm³/mol. The first-order valence-electron chi connectivity index (χ1n) is 9.72. The van der Waals surface area contributed by atoms with Gasteiger partial charge in [-0.05, 0) is 24.1 Å². The Kier molecular flexibility index (Phi) is 4.88. The summed E-state index contributed by atoms with van der Waals surface area (Å²) in [6, 6.07) is 15.4. The fourth-order valence-corrected chi connectivity index (χ4v) is 3.79. The number of rotatable bonds is 6. The molecule has 0 saturated carbocycles. The van der Waals surface area contributed by atoms with Gasteiger partial charge in [0.25, 0.3) is 11.5 Å². The smallest absolute Gasteiger partial charge is 0.319 e. The molecule has 0 bridgehead atoms. The zero-order valence-electron chi connectivity index (χ0n) is 16.2. The Bertz CT molecular complexity index is 1130. The number of urea groups is 1. The molecule has 3 aromatic rings. The Labute approximate surface area is 168 Å². The molecule has 7 heteroatoms. The molecule has 0 aliphatic carbocycles. The van der Waals surface area contributed by atoms with Gasteiger partial charge in [0.15, 0.2) is 0 Å². The number of hydrogen-bond acceptors (Lipinski definition) is 4. The second kappa shape index (κ2) is 7.50. The van der Waals surface area contributed by atoms with Crippen LogP contribution in [0.3, 0.4) is 0 Å². The molecule has 1 saturated heterocycles. The van der Waals surface area contributed by atoms with Crippen LogP contribution in [0.25, 0.3) is 5.65 Å². The van der Waals surface area contributed by atoms with Gasteiger partial charge in [-0.3, -0.25) is 18.9 Å². The summed E-state index contributed by atoms with van der Waals surface area (Å²) in [5.41, 5.74) is 0.283. The van der Waals surface area contributed by atoms with Gasteiger partial charge in [0.05, 0.1) is 12.2 Å². The Balaban J connectivity index is 1.69. The number of amides is 3. The van der Waals surface area contributed by atoms with Gasteiger partial charge in [0.2, 0.25) is 0 Å². The molecule has 1 fully saturated rings. The molecule has 7 nitrogen and oxygen atoms in total. The van der Waals surface area contributed by atoms with Crippen LogP contribution >= 0.6 is 0 Å². The molecule has 4 rings (SSSR count). The number of carbonyl (C=O) groups excluding carboxylic acids is 2. The number of carbonyl (C=O) groups is 2. The summed E-state index contributed by atoms with van der Waals surface area (Å²) in [5, 5.41) is 2.92. The second-order valence-electron chi connectivity index (χ2n) is 7.21. The van der Waals surface area contributed by atoms with Crippen molar-refractivity contribution in [2.75, 3.05) is 0 Å². The van der Waals surface area contributed by atoms with E-state index in [9.17, 15) is 14.4 Å². The number of fused-ring (bicyclic) bond motifs is 1. The molecule has 1 N–H and O–H groups in total.